The summed E-state index contributed by atoms with van der Waals surface area (Å²) in [5.41, 5.74) is -0.606. The maximum atomic E-state index is 12.4. The molecule has 1 aliphatic heterocycles. The van der Waals surface area contributed by atoms with Crippen molar-refractivity contribution in [3.8, 4) is 0 Å². The van der Waals surface area contributed by atoms with Gasteiger partial charge in [-0.1, -0.05) is 32.9 Å². The van der Waals surface area contributed by atoms with E-state index in [1.54, 1.807) is 0 Å². The molecule has 18 heavy (non-hydrogen) atoms. The number of aliphatic hydroxyl groups is 1. The van der Waals surface area contributed by atoms with Crippen LogP contribution in [0.1, 0.15) is 40.0 Å². The molecule has 2 bridgehead atoms. The van der Waals surface area contributed by atoms with Crippen molar-refractivity contribution < 1.29 is 14.6 Å². The molecule has 2 fully saturated rings. The van der Waals surface area contributed by atoms with Gasteiger partial charge in [-0.3, -0.25) is 4.79 Å². The van der Waals surface area contributed by atoms with Crippen molar-refractivity contribution in [3.05, 3.63) is 12.2 Å². The van der Waals surface area contributed by atoms with Crippen molar-refractivity contribution >= 4 is 5.78 Å². The van der Waals surface area contributed by atoms with E-state index in [-0.39, 0.29) is 17.3 Å². The fraction of sp³-hybridized carbons (Fsp3) is 0.800. The molecule has 1 saturated heterocycles. The molecule has 100 valence electrons. The minimum absolute atomic E-state index is 0.0741. The molecule has 3 rings (SSSR count). The van der Waals surface area contributed by atoms with Crippen LogP contribution in [0.2, 0.25) is 0 Å². The second kappa shape index (κ2) is 3.67. The Hall–Kier alpha value is -0.670. The molecule has 3 nitrogen and oxygen atoms in total. The largest absolute Gasteiger partial charge is 0.368 e. The van der Waals surface area contributed by atoms with Crippen LogP contribution < -0.4 is 0 Å². The topological polar surface area (TPSA) is 46.5 Å². The standard InChI is InChI=1S/C15H22O3/c1-9-5-4-7-15-8-6-11(16)12(14(9,15)3)10(2)13(17)18-15/h4,7,9-10,12-13,17H,5-6,8H2,1-3H3/t9-,10+,12-,13-,14-,15+/m0/s1. The van der Waals surface area contributed by atoms with E-state index in [1.807, 2.05) is 6.92 Å². The van der Waals surface area contributed by atoms with Gasteiger partial charge in [-0.2, -0.15) is 0 Å². The van der Waals surface area contributed by atoms with Crippen LogP contribution in [0.5, 0.6) is 0 Å². The lowest BCUT2D eigenvalue weighted by atomic mass is 9.47. The van der Waals surface area contributed by atoms with Gasteiger partial charge >= 0.3 is 0 Å². The summed E-state index contributed by atoms with van der Waals surface area (Å²) in [6.45, 7) is 6.33. The lowest BCUT2D eigenvalue weighted by molar-refractivity contribution is -0.306. The summed E-state index contributed by atoms with van der Waals surface area (Å²) in [5.74, 6) is 0.539. The molecular weight excluding hydrogens is 228 g/mol. The highest BCUT2D eigenvalue weighted by Gasteiger charge is 2.66. The zero-order chi connectivity index (χ0) is 13.1. The smallest absolute Gasteiger partial charge is 0.159 e. The first-order valence-corrected chi connectivity index (χ1v) is 6.99. The minimum Gasteiger partial charge on any atom is -0.368 e. The van der Waals surface area contributed by atoms with Crippen LogP contribution in [-0.4, -0.2) is 22.8 Å². The third-order valence-electron chi connectivity index (χ3n) is 5.85. The molecule has 3 aliphatic rings. The number of carbonyl (C=O) groups excluding carboxylic acids is 1. The number of hydrogen-bond donors (Lipinski definition) is 1. The number of carbonyl (C=O) groups is 1. The summed E-state index contributed by atoms with van der Waals surface area (Å²) in [4.78, 5) is 12.4. The summed E-state index contributed by atoms with van der Waals surface area (Å²) in [5, 5.41) is 10.1. The number of allylic oxidation sites excluding steroid dienone is 1. The van der Waals surface area contributed by atoms with E-state index in [0.717, 1.165) is 6.42 Å². The van der Waals surface area contributed by atoms with Gasteiger partial charge < -0.3 is 9.84 Å². The molecule has 0 unspecified atom stereocenters. The molecule has 1 heterocycles. The van der Waals surface area contributed by atoms with Crippen molar-refractivity contribution in [2.24, 2.45) is 23.2 Å². The first kappa shape index (κ1) is 12.4. The van der Waals surface area contributed by atoms with E-state index in [9.17, 15) is 9.90 Å². The Balaban J connectivity index is 2.17. The lowest BCUT2D eigenvalue weighted by Gasteiger charge is -2.63. The quantitative estimate of drug-likeness (QED) is 0.671. The monoisotopic (exact) mass is 250 g/mol. The highest BCUT2D eigenvalue weighted by atomic mass is 16.6. The average molecular weight is 250 g/mol. The predicted octanol–water partition coefficient (Wildman–Crippen LogP) is 2.29. The van der Waals surface area contributed by atoms with Gasteiger partial charge in [0, 0.05) is 23.7 Å². The van der Waals surface area contributed by atoms with Gasteiger partial charge in [0.15, 0.2) is 6.29 Å². The van der Waals surface area contributed by atoms with Crippen LogP contribution in [-0.2, 0) is 9.53 Å². The highest BCUT2D eigenvalue weighted by molar-refractivity contribution is 5.84. The van der Waals surface area contributed by atoms with E-state index < -0.39 is 11.9 Å². The SMILES string of the molecule is C[C@@H]1[C@H]2C(=O)CC[C@@]3(C=CC[C@H](C)[C@@]23C)O[C@@H]1O. The molecule has 0 radical (unpaired) electrons. The zero-order valence-corrected chi connectivity index (χ0v) is 11.3. The Morgan fingerprint density at radius 2 is 2.17 bits per heavy atom. The van der Waals surface area contributed by atoms with Crippen molar-refractivity contribution in [2.45, 2.75) is 51.9 Å². The van der Waals surface area contributed by atoms with Crippen LogP contribution in [0.25, 0.3) is 0 Å². The second-order valence-electron chi connectivity index (χ2n) is 6.52. The molecule has 3 heteroatoms. The van der Waals surface area contributed by atoms with E-state index >= 15 is 0 Å². The molecular formula is C15H22O3. The van der Waals surface area contributed by atoms with Gasteiger partial charge in [0.25, 0.3) is 0 Å². The number of ketones is 1. The van der Waals surface area contributed by atoms with E-state index in [0.29, 0.717) is 24.5 Å². The molecule has 0 spiro atoms. The molecule has 1 saturated carbocycles. The average Bonchev–Trinajstić information content (AvgIpc) is 2.31. The van der Waals surface area contributed by atoms with Crippen LogP contribution >= 0.6 is 0 Å². The Kier molecular flexibility index (Phi) is 2.52. The number of aliphatic hydroxyl groups excluding tert-OH is 1. The maximum Gasteiger partial charge on any atom is 0.159 e. The fourth-order valence-electron chi connectivity index (χ4n) is 4.58. The number of ether oxygens (including phenoxy) is 1. The van der Waals surface area contributed by atoms with E-state index in [4.69, 9.17) is 4.74 Å². The Morgan fingerprint density at radius 3 is 2.89 bits per heavy atom. The normalized spacial score (nSPS) is 55.2. The maximum absolute atomic E-state index is 12.4. The van der Waals surface area contributed by atoms with Gasteiger partial charge in [-0.25, -0.2) is 0 Å². The van der Waals surface area contributed by atoms with Crippen LogP contribution in [0.15, 0.2) is 12.2 Å². The number of hydrogen-bond acceptors (Lipinski definition) is 3. The molecule has 2 aliphatic carbocycles. The Bertz CT molecular complexity index is 416. The van der Waals surface area contributed by atoms with Gasteiger partial charge in [0.05, 0.1) is 5.60 Å². The molecule has 0 aromatic rings. The summed E-state index contributed by atoms with van der Waals surface area (Å²) in [6, 6.07) is 0. The van der Waals surface area contributed by atoms with Crippen LogP contribution in [0.4, 0.5) is 0 Å². The summed E-state index contributed by atoms with van der Waals surface area (Å²) >= 11 is 0. The number of Topliss-reactive ketones (excluding diaryl/α,β-unsaturated/α-hetero) is 1. The first-order valence-electron chi connectivity index (χ1n) is 6.99. The van der Waals surface area contributed by atoms with E-state index in [2.05, 4.69) is 26.0 Å². The Labute approximate surface area is 108 Å². The molecule has 0 aromatic carbocycles. The Morgan fingerprint density at radius 1 is 1.44 bits per heavy atom. The predicted molar refractivity (Wildman–Crippen MR) is 67.7 cm³/mol. The zero-order valence-electron chi connectivity index (χ0n) is 11.3. The second-order valence-corrected chi connectivity index (χ2v) is 6.52. The van der Waals surface area contributed by atoms with E-state index in [1.165, 1.54) is 0 Å². The third kappa shape index (κ3) is 1.24. The van der Waals surface area contributed by atoms with Crippen molar-refractivity contribution in [1.82, 2.24) is 0 Å². The number of rotatable bonds is 0. The molecule has 0 aromatic heterocycles. The van der Waals surface area contributed by atoms with Gasteiger partial charge in [0.1, 0.15) is 5.78 Å². The lowest BCUT2D eigenvalue weighted by Crippen LogP contribution is -2.68. The van der Waals surface area contributed by atoms with Gasteiger partial charge in [0.2, 0.25) is 0 Å². The first-order chi connectivity index (χ1) is 8.42. The van der Waals surface area contributed by atoms with Crippen molar-refractivity contribution in [2.75, 3.05) is 0 Å². The third-order valence-corrected chi connectivity index (χ3v) is 5.85. The minimum atomic E-state index is -0.817. The van der Waals surface area contributed by atoms with Crippen LogP contribution in [0, 0.1) is 23.2 Å². The molecule has 0 amide bonds. The summed E-state index contributed by atoms with van der Waals surface area (Å²) < 4.78 is 6.00. The van der Waals surface area contributed by atoms with Crippen molar-refractivity contribution in [1.29, 1.82) is 0 Å². The highest BCUT2D eigenvalue weighted by Crippen LogP contribution is 2.62. The summed E-state index contributed by atoms with van der Waals surface area (Å²) in [6.07, 6.45) is 5.73. The summed E-state index contributed by atoms with van der Waals surface area (Å²) in [7, 11) is 0. The van der Waals surface area contributed by atoms with Crippen molar-refractivity contribution in [3.63, 3.8) is 0 Å². The van der Waals surface area contributed by atoms with Gasteiger partial charge in [-0.15, -0.1) is 0 Å². The molecule has 6 atom stereocenters. The fourth-order valence-corrected chi connectivity index (χ4v) is 4.58. The van der Waals surface area contributed by atoms with Gasteiger partial charge in [-0.05, 0) is 18.8 Å². The van der Waals surface area contributed by atoms with Crippen LogP contribution in [0.3, 0.4) is 0 Å². The molecule has 1 N–H and O–H groups in total.